The molecule has 22 heavy (non-hydrogen) atoms. The van der Waals surface area contributed by atoms with Gasteiger partial charge in [-0.25, -0.2) is 4.79 Å². The number of alkyl halides is 3. The summed E-state index contributed by atoms with van der Waals surface area (Å²) in [5.41, 5.74) is -0.887. The molecule has 1 aromatic rings. The van der Waals surface area contributed by atoms with Crippen molar-refractivity contribution in [1.82, 2.24) is 0 Å². The maximum atomic E-state index is 13.1. The third-order valence-electron chi connectivity index (χ3n) is 3.56. The molecule has 1 aliphatic carbocycles. The van der Waals surface area contributed by atoms with Crippen molar-refractivity contribution in [1.29, 1.82) is 0 Å². The standard InChI is InChI=1S/C15H14F3NO3/c1-8-11(3-2-4-13(8)20)19-12-6-5-9(14(21)22)7-10(12)15(16,17)18/h5-7,19H,2-4H2,1H3,(H,21,22). The monoisotopic (exact) mass is 313 g/mol. The zero-order valence-corrected chi connectivity index (χ0v) is 11.8. The van der Waals surface area contributed by atoms with Crippen LogP contribution in [0, 0.1) is 0 Å². The van der Waals surface area contributed by atoms with Crippen LogP contribution in [0.5, 0.6) is 0 Å². The van der Waals surface area contributed by atoms with E-state index >= 15 is 0 Å². The van der Waals surface area contributed by atoms with Crippen LogP contribution in [0.15, 0.2) is 29.5 Å². The average Bonchev–Trinajstić information content (AvgIpc) is 2.43. The van der Waals surface area contributed by atoms with Gasteiger partial charge in [-0.05, 0) is 38.0 Å². The predicted molar refractivity (Wildman–Crippen MR) is 73.6 cm³/mol. The number of hydrogen-bond acceptors (Lipinski definition) is 3. The van der Waals surface area contributed by atoms with Gasteiger partial charge in [-0.2, -0.15) is 13.2 Å². The van der Waals surface area contributed by atoms with Crippen LogP contribution in [0.2, 0.25) is 0 Å². The van der Waals surface area contributed by atoms with Crippen LogP contribution in [0.25, 0.3) is 0 Å². The maximum Gasteiger partial charge on any atom is 0.418 e. The van der Waals surface area contributed by atoms with Crippen LogP contribution < -0.4 is 5.32 Å². The molecule has 7 heteroatoms. The maximum absolute atomic E-state index is 13.1. The Labute approximate surface area is 124 Å². The second-order valence-corrected chi connectivity index (χ2v) is 5.07. The minimum absolute atomic E-state index is 0.0931. The van der Waals surface area contributed by atoms with Gasteiger partial charge in [0.2, 0.25) is 0 Å². The molecule has 0 amide bonds. The Bertz CT molecular complexity index is 662. The Morgan fingerprint density at radius 2 is 1.95 bits per heavy atom. The highest BCUT2D eigenvalue weighted by Crippen LogP contribution is 2.37. The second kappa shape index (κ2) is 5.82. The lowest BCUT2D eigenvalue weighted by atomic mass is 9.95. The summed E-state index contributed by atoms with van der Waals surface area (Å²) in [4.78, 5) is 22.5. The predicted octanol–water partition coefficient (Wildman–Crippen LogP) is 3.84. The molecule has 118 valence electrons. The van der Waals surface area contributed by atoms with Gasteiger partial charge < -0.3 is 10.4 Å². The molecular weight excluding hydrogens is 299 g/mol. The van der Waals surface area contributed by atoms with Gasteiger partial charge >= 0.3 is 12.1 Å². The zero-order valence-electron chi connectivity index (χ0n) is 11.8. The second-order valence-electron chi connectivity index (χ2n) is 5.07. The molecule has 2 N–H and O–H groups in total. The fraction of sp³-hybridized carbons (Fsp3) is 0.333. The molecule has 0 aliphatic heterocycles. The van der Waals surface area contributed by atoms with E-state index in [9.17, 15) is 22.8 Å². The Hall–Kier alpha value is -2.31. The molecule has 0 saturated carbocycles. The van der Waals surface area contributed by atoms with Crippen LogP contribution in [0.1, 0.15) is 42.1 Å². The fourth-order valence-corrected chi connectivity index (χ4v) is 2.31. The summed E-state index contributed by atoms with van der Waals surface area (Å²) < 4.78 is 39.3. The van der Waals surface area contributed by atoms with Crippen molar-refractivity contribution in [2.75, 3.05) is 5.32 Å². The number of allylic oxidation sites excluding steroid dienone is 2. The quantitative estimate of drug-likeness (QED) is 0.889. The number of carbonyl (C=O) groups excluding carboxylic acids is 1. The highest BCUT2D eigenvalue weighted by atomic mass is 19.4. The van der Waals surface area contributed by atoms with E-state index in [0.717, 1.165) is 12.1 Å². The van der Waals surface area contributed by atoms with Crippen molar-refractivity contribution < 1.29 is 27.9 Å². The first-order chi connectivity index (χ1) is 10.2. The van der Waals surface area contributed by atoms with E-state index in [4.69, 9.17) is 5.11 Å². The number of anilines is 1. The number of carboxylic acids is 1. The van der Waals surface area contributed by atoms with Crippen LogP contribution in [-0.4, -0.2) is 16.9 Å². The van der Waals surface area contributed by atoms with Crippen LogP contribution in [-0.2, 0) is 11.0 Å². The smallest absolute Gasteiger partial charge is 0.418 e. The summed E-state index contributed by atoms with van der Waals surface area (Å²) in [6.45, 7) is 1.57. The number of aromatic carboxylic acids is 1. The van der Waals surface area contributed by atoms with Gasteiger partial charge in [0.15, 0.2) is 5.78 Å². The van der Waals surface area contributed by atoms with Gasteiger partial charge in [0, 0.05) is 17.7 Å². The van der Waals surface area contributed by atoms with E-state index < -0.39 is 23.3 Å². The molecule has 4 nitrogen and oxygen atoms in total. The molecule has 1 aliphatic rings. The van der Waals surface area contributed by atoms with E-state index in [1.54, 1.807) is 6.92 Å². The van der Waals surface area contributed by atoms with Crippen molar-refractivity contribution in [3.63, 3.8) is 0 Å². The lowest BCUT2D eigenvalue weighted by Gasteiger charge is -2.21. The minimum atomic E-state index is -4.69. The van der Waals surface area contributed by atoms with Gasteiger partial charge in [-0.15, -0.1) is 0 Å². The molecular formula is C15H14F3NO3. The molecule has 2 rings (SSSR count). The van der Waals surface area contributed by atoms with E-state index in [-0.39, 0.29) is 11.5 Å². The minimum Gasteiger partial charge on any atom is -0.478 e. The van der Waals surface area contributed by atoms with E-state index in [0.29, 0.717) is 36.6 Å². The van der Waals surface area contributed by atoms with Crippen LogP contribution in [0.4, 0.5) is 18.9 Å². The fourth-order valence-electron chi connectivity index (χ4n) is 2.31. The number of carbonyl (C=O) groups is 2. The number of benzene rings is 1. The zero-order chi connectivity index (χ0) is 16.5. The topological polar surface area (TPSA) is 66.4 Å². The SMILES string of the molecule is CC1=C(Nc2ccc(C(=O)O)cc2C(F)(F)F)CCCC1=O. The van der Waals surface area contributed by atoms with Gasteiger partial charge in [0.25, 0.3) is 0 Å². The van der Waals surface area contributed by atoms with Gasteiger partial charge in [0.05, 0.1) is 16.8 Å². The largest absolute Gasteiger partial charge is 0.478 e. The molecule has 1 aromatic carbocycles. The van der Waals surface area contributed by atoms with Crippen molar-refractivity contribution >= 4 is 17.4 Å². The van der Waals surface area contributed by atoms with Crippen molar-refractivity contribution in [2.45, 2.75) is 32.4 Å². The number of ketones is 1. The molecule has 0 spiro atoms. The molecule has 0 atom stereocenters. The number of halogens is 3. The molecule has 0 aromatic heterocycles. The Kier molecular flexibility index (Phi) is 4.25. The van der Waals surface area contributed by atoms with E-state index in [1.807, 2.05) is 0 Å². The first-order valence-electron chi connectivity index (χ1n) is 6.64. The summed E-state index contributed by atoms with van der Waals surface area (Å²) in [7, 11) is 0. The third-order valence-corrected chi connectivity index (χ3v) is 3.56. The number of nitrogens with one attached hydrogen (secondary N) is 1. The number of carboxylic acid groups (broad SMARTS) is 1. The number of rotatable bonds is 3. The Morgan fingerprint density at radius 3 is 2.55 bits per heavy atom. The third kappa shape index (κ3) is 3.29. The first kappa shape index (κ1) is 16.1. The normalized spacial score (nSPS) is 15.9. The summed E-state index contributed by atoms with van der Waals surface area (Å²) in [6.07, 6.45) is -3.25. The van der Waals surface area contributed by atoms with Crippen LogP contribution in [0.3, 0.4) is 0 Å². The van der Waals surface area contributed by atoms with Gasteiger partial charge in [-0.3, -0.25) is 4.79 Å². The lowest BCUT2D eigenvalue weighted by molar-refractivity contribution is -0.137. The highest BCUT2D eigenvalue weighted by molar-refractivity contribution is 5.97. The van der Waals surface area contributed by atoms with E-state index in [1.165, 1.54) is 0 Å². The lowest BCUT2D eigenvalue weighted by Crippen LogP contribution is -2.17. The Balaban J connectivity index is 2.45. The highest BCUT2D eigenvalue weighted by Gasteiger charge is 2.34. The van der Waals surface area contributed by atoms with Crippen molar-refractivity contribution in [3.05, 3.63) is 40.6 Å². The summed E-state index contributed by atoms with van der Waals surface area (Å²) in [6, 6.07) is 2.76. The average molecular weight is 313 g/mol. The molecule has 0 heterocycles. The molecule has 0 fully saturated rings. The molecule has 0 radical (unpaired) electrons. The molecule has 0 saturated heterocycles. The van der Waals surface area contributed by atoms with Crippen molar-refractivity contribution in [3.8, 4) is 0 Å². The molecule has 0 bridgehead atoms. The number of Topliss-reactive ketones (excluding diaryl/α,β-unsaturated/α-hetero) is 1. The van der Waals surface area contributed by atoms with Crippen molar-refractivity contribution in [2.24, 2.45) is 0 Å². The first-order valence-corrected chi connectivity index (χ1v) is 6.64. The summed E-state index contributed by atoms with van der Waals surface area (Å²) in [5, 5.41) is 11.5. The van der Waals surface area contributed by atoms with Gasteiger partial charge in [-0.1, -0.05) is 0 Å². The summed E-state index contributed by atoms with van der Waals surface area (Å²) in [5.74, 6) is -1.52. The Morgan fingerprint density at radius 1 is 1.27 bits per heavy atom. The van der Waals surface area contributed by atoms with Gasteiger partial charge in [0.1, 0.15) is 0 Å². The number of hydrogen-bond donors (Lipinski definition) is 2. The van der Waals surface area contributed by atoms with E-state index in [2.05, 4.69) is 5.32 Å². The summed E-state index contributed by atoms with van der Waals surface area (Å²) >= 11 is 0. The van der Waals surface area contributed by atoms with Crippen LogP contribution >= 0.6 is 0 Å². The molecule has 0 unspecified atom stereocenters.